The van der Waals surface area contributed by atoms with E-state index in [1.54, 1.807) is 0 Å². The third-order valence-corrected chi connectivity index (χ3v) is 9.58. The minimum absolute atomic E-state index is 0.504. The lowest BCUT2D eigenvalue weighted by atomic mass is 9.96. The van der Waals surface area contributed by atoms with Crippen LogP contribution in [0.2, 0.25) is 0 Å². The van der Waals surface area contributed by atoms with E-state index in [-0.39, 0.29) is 0 Å². The molecule has 0 N–H and O–H groups in total. The van der Waals surface area contributed by atoms with Gasteiger partial charge in [0, 0.05) is 29.1 Å². The van der Waals surface area contributed by atoms with Crippen molar-refractivity contribution in [1.29, 1.82) is 0 Å². The van der Waals surface area contributed by atoms with E-state index in [2.05, 4.69) is 190 Å². The van der Waals surface area contributed by atoms with Crippen LogP contribution in [0.5, 0.6) is 0 Å². The highest BCUT2D eigenvalue weighted by Crippen LogP contribution is 2.31. The van der Waals surface area contributed by atoms with Gasteiger partial charge in [0.05, 0.1) is 18.0 Å². The van der Waals surface area contributed by atoms with Gasteiger partial charge in [0.15, 0.2) is 0 Å². The fourth-order valence-corrected chi connectivity index (χ4v) is 6.63. The quantitative estimate of drug-likeness (QED) is 0.0889. The number of fused-ring (bicyclic) bond motifs is 2. The van der Waals surface area contributed by atoms with Crippen molar-refractivity contribution in [3.05, 3.63) is 204 Å². The van der Waals surface area contributed by atoms with Crippen molar-refractivity contribution in [2.45, 2.75) is 40.2 Å². The number of aliphatic imine (C=N–C) groups is 2. The normalized spacial score (nSPS) is 14.0. The van der Waals surface area contributed by atoms with E-state index < -0.39 is 0 Å². The van der Waals surface area contributed by atoms with E-state index in [0.717, 1.165) is 68.8 Å². The van der Waals surface area contributed by atoms with Gasteiger partial charge in [-0.3, -0.25) is 15.0 Å². The highest BCUT2D eigenvalue weighted by molar-refractivity contribution is 6.12. The molecule has 0 saturated heterocycles. The Morgan fingerprint density at radius 1 is 0.833 bits per heavy atom. The van der Waals surface area contributed by atoms with Gasteiger partial charge in [-0.1, -0.05) is 159 Å². The molecule has 0 aliphatic heterocycles. The number of aromatic nitrogens is 1. The van der Waals surface area contributed by atoms with Crippen LogP contribution < -0.4 is 0 Å². The number of rotatable bonds is 13. The summed E-state index contributed by atoms with van der Waals surface area (Å²) in [5.41, 5.74) is 13.7. The van der Waals surface area contributed by atoms with Gasteiger partial charge >= 0.3 is 0 Å². The van der Waals surface area contributed by atoms with Crippen LogP contribution >= 0.6 is 0 Å². The Hall–Kier alpha value is -6.45. The molecule has 1 aliphatic rings. The van der Waals surface area contributed by atoms with E-state index in [4.69, 9.17) is 4.99 Å². The maximum atomic E-state index is 5.22. The molecule has 4 aromatic carbocycles. The van der Waals surface area contributed by atoms with Gasteiger partial charge in [-0.15, -0.1) is 0 Å². The third kappa shape index (κ3) is 8.94. The van der Waals surface area contributed by atoms with Crippen molar-refractivity contribution < 1.29 is 0 Å². The van der Waals surface area contributed by atoms with Gasteiger partial charge < -0.3 is 0 Å². The summed E-state index contributed by atoms with van der Waals surface area (Å²) >= 11 is 0. The average molecular weight is 702 g/mol. The molecule has 0 fully saturated rings. The largest absolute Gasteiger partial charge is 0.280 e. The second kappa shape index (κ2) is 18.3. The van der Waals surface area contributed by atoms with Gasteiger partial charge in [0.1, 0.15) is 0 Å². The number of allylic oxidation sites excluding steroid dienone is 12. The molecular weight excluding hydrogens is 655 g/mol. The maximum absolute atomic E-state index is 5.22. The van der Waals surface area contributed by atoms with E-state index in [0.29, 0.717) is 6.54 Å². The molecule has 266 valence electrons. The predicted octanol–water partition coefficient (Wildman–Crippen LogP) is 13.7. The van der Waals surface area contributed by atoms with Crippen LogP contribution in [0.1, 0.15) is 55.9 Å². The van der Waals surface area contributed by atoms with Crippen molar-refractivity contribution in [1.82, 2.24) is 4.98 Å². The molecule has 0 bridgehead atoms. The summed E-state index contributed by atoms with van der Waals surface area (Å²) in [6.07, 6.45) is 29.0. The van der Waals surface area contributed by atoms with Crippen molar-refractivity contribution >= 4 is 41.1 Å². The molecule has 1 heterocycles. The molecular formula is C51H47N3. The Balaban J connectivity index is 1.37. The van der Waals surface area contributed by atoms with E-state index in [1.165, 1.54) is 27.5 Å². The molecule has 0 spiro atoms. The second-order valence-electron chi connectivity index (χ2n) is 13.2. The summed E-state index contributed by atoms with van der Waals surface area (Å²) in [5, 5.41) is 2.47. The van der Waals surface area contributed by atoms with Crippen LogP contribution in [0.4, 0.5) is 0 Å². The smallest absolute Gasteiger partial charge is 0.0716 e. The van der Waals surface area contributed by atoms with Gasteiger partial charge in [-0.2, -0.15) is 0 Å². The summed E-state index contributed by atoms with van der Waals surface area (Å²) < 4.78 is 0. The van der Waals surface area contributed by atoms with Crippen molar-refractivity contribution in [2.24, 2.45) is 9.98 Å². The Morgan fingerprint density at radius 3 is 2.43 bits per heavy atom. The van der Waals surface area contributed by atoms with E-state index >= 15 is 0 Å². The number of pyridine rings is 1. The van der Waals surface area contributed by atoms with Gasteiger partial charge in [-0.25, -0.2) is 0 Å². The molecule has 1 aliphatic carbocycles. The van der Waals surface area contributed by atoms with Crippen molar-refractivity contribution in [3.8, 4) is 22.3 Å². The topological polar surface area (TPSA) is 37.6 Å². The summed E-state index contributed by atoms with van der Waals surface area (Å²) in [6.45, 7) is 14.9. The monoisotopic (exact) mass is 701 g/mol. The minimum atomic E-state index is 0.504. The first kappa shape index (κ1) is 37.3. The first-order chi connectivity index (χ1) is 26.5. The summed E-state index contributed by atoms with van der Waals surface area (Å²) in [4.78, 5) is 14.3. The number of hydrogen-bond donors (Lipinski definition) is 0. The van der Waals surface area contributed by atoms with Crippen LogP contribution in [0.3, 0.4) is 0 Å². The molecule has 0 atom stereocenters. The van der Waals surface area contributed by atoms with Gasteiger partial charge in [-0.05, 0) is 101 Å². The molecule has 6 rings (SSSR count). The van der Waals surface area contributed by atoms with E-state index in [9.17, 15) is 0 Å². The zero-order valence-corrected chi connectivity index (χ0v) is 31.5. The lowest BCUT2D eigenvalue weighted by molar-refractivity contribution is 1.07. The standard InChI is InChI=1S/C51H47N3/c1-6-9-18-39(7-2)40(8-3)27-26-37(4)50(54-34-38-17-15-22-44(32-38)47-25-16-21-41-19-13-14-24-46(41)47)33-51(52-5)43-30-28-42(29-31-43)49-36-53-35-45-20-11-10-12-23-48(45)49/h7-9,11-33,35-36H,3,5-6,10,34H2,1-2,4H3/b18-9-,37-26+,39-7+,40-27+,51-33-,54-50?. The molecule has 5 aromatic rings. The summed E-state index contributed by atoms with van der Waals surface area (Å²) in [6, 6.07) is 32.1. The number of hydrogen-bond acceptors (Lipinski definition) is 3. The molecule has 0 saturated carbocycles. The SMILES string of the molecule is C=CC(=C\C=C(/C)C(/C=C(\N=C)c1ccc(-c2cncc3c2C=CCC=C3)cc1)=NCc1cccc(-c2cccc3ccccc23)c1)/C(/C=C\CC)=C/C. The van der Waals surface area contributed by atoms with Crippen molar-refractivity contribution in [2.75, 3.05) is 0 Å². The van der Waals surface area contributed by atoms with Crippen LogP contribution in [0, 0.1) is 0 Å². The average Bonchev–Trinajstić information content (AvgIpc) is 3.48. The van der Waals surface area contributed by atoms with Gasteiger partial charge in [0.2, 0.25) is 0 Å². The molecule has 3 nitrogen and oxygen atoms in total. The fraction of sp³-hybridized carbons (Fsp3) is 0.118. The number of nitrogens with zero attached hydrogens (tertiary/aromatic N) is 3. The first-order valence-electron chi connectivity index (χ1n) is 18.6. The lowest BCUT2D eigenvalue weighted by Gasteiger charge is -2.11. The highest BCUT2D eigenvalue weighted by Gasteiger charge is 2.11. The molecule has 0 amide bonds. The van der Waals surface area contributed by atoms with Crippen molar-refractivity contribution in [3.63, 3.8) is 0 Å². The van der Waals surface area contributed by atoms with Gasteiger partial charge in [0.25, 0.3) is 0 Å². The maximum Gasteiger partial charge on any atom is 0.0716 e. The van der Waals surface area contributed by atoms with Crippen LogP contribution in [0.25, 0.3) is 50.9 Å². The third-order valence-electron chi connectivity index (χ3n) is 9.58. The Bertz CT molecular complexity index is 2400. The Labute approximate surface area is 321 Å². The Morgan fingerprint density at radius 2 is 1.63 bits per heavy atom. The fourth-order valence-electron chi connectivity index (χ4n) is 6.63. The van der Waals surface area contributed by atoms with Crippen LogP contribution in [0.15, 0.2) is 191 Å². The minimum Gasteiger partial charge on any atom is -0.280 e. The van der Waals surface area contributed by atoms with Crippen LogP contribution in [-0.4, -0.2) is 17.4 Å². The molecule has 0 unspecified atom stereocenters. The summed E-state index contributed by atoms with van der Waals surface area (Å²) in [7, 11) is 0. The molecule has 3 heteroatoms. The summed E-state index contributed by atoms with van der Waals surface area (Å²) in [5.74, 6) is 0. The first-order valence-corrected chi connectivity index (χ1v) is 18.6. The highest BCUT2D eigenvalue weighted by atomic mass is 14.8. The lowest BCUT2D eigenvalue weighted by Crippen LogP contribution is -2.00. The molecule has 54 heavy (non-hydrogen) atoms. The molecule has 0 radical (unpaired) electrons. The number of benzene rings is 4. The van der Waals surface area contributed by atoms with Crippen LogP contribution in [-0.2, 0) is 6.54 Å². The second-order valence-corrected chi connectivity index (χ2v) is 13.2. The predicted molar refractivity (Wildman–Crippen MR) is 236 cm³/mol. The van der Waals surface area contributed by atoms with E-state index in [1.807, 2.05) is 24.5 Å². The zero-order chi connectivity index (χ0) is 37.7. The molecule has 1 aromatic heterocycles. The Kier molecular flexibility index (Phi) is 12.7. The zero-order valence-electron chi connectivity index (χ0n) is 31.5.